The normalized spacial score (nSPS) is 18.6. The van der Waals surface area contributed by atoms with Crippen LogP contribution < -0.4 is 0 Å². The molecule has 6 rings (SSSR count). The van der Waals surface area contributed by atoms with E-state index in [1.165, 1.54) is 66.8 Å². The van der Waals surface area contributed by atoms with Crippen molar-refractivity contribution < 1.29 is 15.3 Å². The maximum absolute atomic E-state index is 8.65. The molecular formula is C44H53Cl2HfSi. The summed E-state index contributed by atoms with van der Waals surface area (Å²) in [7, 11) is 17.3. The van der Waals surface area contributed by atoms with Crippen LogP contribution in [0.4, 0.5) is 0 Å². The van der Waals surface area contributed by atoms with E-state index in [4.69, 9.17) is 17.2 Å². The molecule has 4 aromatic carbocycles. The Morgan fingerprint density at radius 3 is 1.21 bits per heavy atom. The van der Waals surface area contributed by atoms with Gasteiger partial charge in [0.1, 0.15) is 0 Å². The molecule has 0 N–H and O–H groups in total. The van der Waals surface area contributed by atoms with Crippen LogP contribution in [0.2, 0.25) is 13.1 Å². The van der Waals surface area contributed by atoms with Crippen LogP contribution in [0.3, 0.4) is 0 Å². The van der Waals surface area contributed by atoms with Gasteiger partial charge in [-0.3, -0.25) is 0 Å². The molecule has 0 nitrogen and oxygen atoms in total. The Morgan fingerprint density at radius 1 is 0.562 bits per heavy atom. The van der Waals surface area contributed by atoms with Crippen molar-refractivity contribution >= 4 is 35.3 Å². The molecule has 0 aromatic heterocycles. The van der Waals surface area contributed by atoms with Crippen molar-refractivity contribution in [2.24, 2.45) is 0 Å². The fourth-order valence-electron chi connectivity index (χ4n) is 8.48. The first-order valence-electron chi connectivity index (χ1n) is 18.0. The first-order valence-corrected chi connectivity index (χ1v) is 40.1. The fourth-order valence-corrected chi connectivity index (χ4v) is 53.5. The molecule has 2 aliphatic rings. The predicted molar refractivity (Wildman–Crippen MR) is 214 cm³/mol. The van der Waals surface area contributed by atoms with Gasteiger partial charge in [-0.1, -0.05) is 0 Å². The molecule has 4 heteroatoms. The molecule has 48 heavy (non-hydrogen) atoms. The molecule has 0 saturated heterocycles. The van der Waals surface area contributed by atoms with Gasteiger partial charge in [-0.2, -0.15) is 0 Å². The number of hydrogen-bond acceptors (Lipinski definition) is 0. The zero-order valence-corrected chi connectivity index (χ0v) is 36.9. The van der Waals surface area contributed by atoms with Crippen molar-refractivity contribution in [1.29, 1.82) is 0 Å². The van der Waals surface area contributed by atoms with Crippen molar-refractivity contribution in [2.75, 3.05) is 0 Å². The van der Waals surface area contributed by atoms with Crippen LogP contribution in [0, 0.1) is 0 Å². The van der Waals surface area contributed by atoms with Gasteiger partial charge < -0.3 is 0 Å². The minimum atomic E-state index is -4.95. The van der Waals surface area contributed by atoms with Gasteiger partial charge in [0.15, 0.2) is 0 Å². The molecule has 2 aliphatic carbocycles. The Hall–Kier alpha value is -1.97. The van der Waals surface area contributed by atoms with E-state index in [9.17, 15) is 0 Å². The van der Waals surface area contributed by atoms with Crippen LogP contribution in [-0.2, 0) is 26.1 Å². The second kappa shape index (κ2) is 12.7. The van der Waals surface area contributed by atoms with Gasteiger partial charge in [0.05, 0.1) is 0 Å². The summed E-state index contributed by atoms with van der Waals surface area (Å²) in [4.78, 5) is 0. The van der Waals surface area contributed by atoms with E-state index in [1.54, 1.807) is 0 Å². The molecule has 0 amide bonds. The van der Waals surface area contributed by atoms with Crippen molar-refractivity contribution in [3.05, 3.63) is 129 Å². The number of benzene rings is 4. The predicted octanol–water partition coefficient (Wildman–Crippen LogP) is 14.0. The number of fused-ring (bicyclic) bond motifs is 2. The zero-order chi connectivity index (χ0) is 34.8. The van der Waals surface area contributed by atoms with Gasteiger partial charge in [-0.15, -0.1) is 0 Å². The van der Waals surface area contributed by atoms with E-state index >= 15 is 0 Å². The number of halogens is 2. The van der Waals surface area contributed by atoms with Gasteiger partial charge in [-0.25, -0.2) is 0 Å². The third-order valence-corrected chi connectivity index (χ3v) is 84.3. The van der Waals surface area contributed by atoms with Crippen molar-refractivity contribution in [1.82, 2.24) is 0 Å². The van der Waals surface area contributed by atoms with Crippen molar-refractivity contribution in [3.8, 4) is 22.3 Å². The molecular weight excluding hydrogens is 806 g/mol. The van der Waals surface area contributed by atoms with E-state index in [2.05, 4.69) is 166 Å². The van der Waals surface area contributed by atoms with Gasteiger partial charge >= 0.3 is 302 Å². The van der Waals surface area contributed by atoms with Crippen LogP contribution in [0.15, 0.2) is 96.1 Å². The third kappa shape index (κ3) is 5.85. The summed E-state index contributed by atoms with van der Waals surface area (Å²) < 4.78 is 0.234. The first-order chi connectivity index (χ1) is 22.5. The Kier molecular flexibility index (Phi) is 9.45. The summed E-state index contributed by atoms with van der Waals surface area (Å²) in [6.45, 7) is 23.2. The van der Waals surface area contributed by atoms with E-state index in [0.29, 0.717) is 0 Å². The van der Waals surface area contributed by atoms with Gasteiger partial charge in [0.25, 0.3) is 0 Å². The summed E-state index contributed by atoms with van der Waals surface area (Å²) in [6, 6.07) is 32.2. The SMILES string of the molecule is CCC1=Cc2c(-c3ccc(C(C)(C)C)cc3)cccc2[CH]1[Hf]([Cl])([Cl])([CH]1C(CC)=Cc2c(-c3ccc(C(C)(C)C)cc3)cccc21)[SiH](C)C. The van der Waals surface area contributed by atoms with E-state index in [0.717, 1.165) is 12.8 Å². The van der Waals surface area contributed by atoms with Crippen LogP contribution >= 0.6 is 17.2 Å². The molecule has 0 bridgehead atoms. The first kappa shape index (κ1) is 35.8. The molecule has 251 valence electrons. The molecule has 0 aliphatic heterocycles. The Balaban J connectivity index is 1.51. The number of hydrogen-bond donors (Lipinski definition) is 0. The van der Waals surface area contributed by atoms with Crippen LogP contribution in [0.5, 0.6) is 0 Å². The quantitative estimate of drug-likeness (QED) is 0.162. The topological polar surface area (TPSA) is 0 Å². The average molecular weight is 859 g/mol. The van der Waals surface area contributed by atoms with Crippen LogP contribution in [-0.4, -0.2) is 5.98 Å². The van der Waals surface area contributed by atoms with E-state index in [1.807, 2.05) is 0 Å². The molecule has 0 spiro atoms. The van der Waals surface area contributed by atoms with E-state index < -0.39 is 21.3 Å². The van der Waals surface area contributed by atoms with Gasteiger partial charge in [0.2, 0.25) is 0 Å². The molecule has 4 aromatic rings. The summed E-state index contributed by atoms with van der Waals surface area (Å²) in [5.41, 5.74) is 16.3. The second-order valence-electron chi connectivity index (χ2n) is 16.7. The summed E-state index contributed by atoms with van der Waals surface area (Å²) in [5.74, 6) is -1.61. The fraction of sp³-hybridized carbons (Fsp3) is 0.364. The Labute approximate surface area is 299 Å². The zero-order valence-electron chi connectivity index (χ0n) is 30.6. The summed E-state index contributed by atoms with van der Waals surface area (Å²) in [6.07, 6.45) is 6.87. The Bertz CT molecular complexity index is 1780. The summed E-state index contributed by atoms with van der Waals surface area (Å²) >= 11 is -4.95. The molecule has 0 fully saturated rings. The molecule has 0 saturated carbocycles. The van der Waals surface area contributed by atoms with Crippen molar-refractivity contribution in [3.63, 3.8) is 0 Å². The molecule has 0 heterocycles. The van der Waals surface area contributed by atoms with Gasteiger partial charge in [0, 0.05) is 0 Å². The van der Waals surface area contributed by atoms with Crippen molar-refractivity contribution in [2.45, 2.75) is 99.5 Å². The summed E-state index contributed by atoms with van der Waals surface area (Å²) in [5, 5.41) is 0. The van der Waals surface area contributed by atoms with Crippen LogP contribution in [0.25, 0.3) is 34.4 Å². The standard InChI is InChI=1S/2C21H23.C2H7Si.2ClH.Hf/c2*1-5-15-13-17-7-6-8-19(20(17)14-15)16-9-11-18(12-10-16)21(2,3)4;1-3-2;;;/h2*6-14H,5H2,1-4H3;3H,1-2H3;2*1H;/q;;;;;+2/p-2. The molecule has 2 unspecified atom stereocenters. The minimum absolute atomic E-state index is 0.117. The average Bonchev–Trinajstić information content (AvgIpc) is 3.64. The molecule has 2 atom stereocenters. The Morgan fingerprint density at radius 2 is 0.917 bits per heavy atom. The number of rotatable bonds is 7. The third-order valence-electron chi connectivity index (χ3n) is 11.4. The molecule has 0 radical (unpaired) electrons. The van der Waals surface area contributed by atoms with Gasteiger partial charge in [-0.05, 0) is 0 Å². The monoisotopic (exact) mass is 859 g/mol. The van der Waals surface area contributed by atoms with Crippen LogP contribution in [0.1, 0.15) is 109 Å². The second-order valence-corrected chi connectivity index (χ2v) is 75.9. The number of allylic oxidation sites excluding steroid dienone is 2. The van der Waals surface area contributed by atoms with E-state index in [-0.39, 0.29) is 18.2 Å². The maximum atomic E-state index is 8.65.